The van der Waals surface area contributed by atoms with E-state index in [1.54, 1.807) is 0 Å². The van der Waals surface area contributed by atoms with E-state index in [4.69, 9.17) is 4.74 Å². The molecule has 0 aromatic heterocycles. The summed E-state index contributed by atoms with van der Waals surface area (Å²) in [6.07, 6.45) is 2.35. The third-order valence-electron chi connectivity index (χ3n) is 3.84. The first kappa shape index (κ1) is 14.4. The molecule has 1 aliphatic heterocycles. The Morgan fingerprint density at radius 2 is 2.11 bits per heavy atom. The molecule has 1 saturated heterocycles. The monoisotopic (exact) mass is 262 g/mol. The van der Waals surface area contributed by atoms with Crippen LogP contribution in [0.2, 0.25) is 0 Å². The van der Waals surface area contributed by atoms with Crippen molar-refractivity contribution in [3.8, 4) is 5.75 Å². The fourth-order valence-corrected chi connectivity index (χ4v) is 2.64. The average molecular weight is 262 g/mol. The summed E-state index contributed by atoms with van der Waals surface area (Å²) in [4.78, 5) is 2.59. The Morgan fingerprint density at radius 3 is 2.84 bits per heavy atom. The number of benzene rings is 1. The highest BCUT2D eigenvalue weighted by Gasteiger charge is 2.15. The lowest BCUT2D eigenvalue weighted by Gasteiger charge is -2.32. The van der Waals surface area contributed by atoms with E-state index >= 15 is 0 Å². The van der Waals surface area contributed by atoms with Crippen molar-refractivity contribution in [3.05, 3.63) is 29.8 Å². The zero-order chi connectivity index (χ0) is 13.5. The second kappa shape index (κ2) is 7.51. The number of nitrogens with one attached hydrogen (secondary N) is 1. The van der Waals surface area contributed by atoms with Crippen LogP contribution in [0, 0.1) is 0 Å². The molecule has 0 aliphatic carbocycles. The second-order valence-electron chi connectivity index (χ2n) is 5.25. The highest BCUT2D eigenvalue weighted by molar-refractivity contribution is 5.28. The van der Waals surface area contributed by atoms with E-state index < -0.39 is 0 Å². The summed E-state index contributed by atoms with van der Waals surface area (Å²) in [5, 5.41) is 3.41. The van der Waals surface area contributed by atoms with Gasteiger partial charge in [-0.2, -0.15) is 0 Å². The van der Waals surface area contributed by atoms with Crippen LogP contribution in [0.5, 0.6) is 5.75 Å². The molecular weight excluding hydrogens is 236 g/mol. The van der Waals surface area contributed by atoms with E-state index in [9.17, 15) is 0 Å². The highest BCUT2D eigenvalue weighted by atomic mass is 16.5. The Hall–Kier alpha value is -1.06. The van der Waals surface area contributed by atoms with Crippen LogP contribution in [-0.2, 0) is 6.42 Å². The summed E-state index contributed by atoms with van der Waals surface area (Å²) < 4.78 is 5.55. The van der Waals surface area contributed by atoms with Gasteiger partial charge in [0, 0.05) is 32.2 Å². The fraction of sp³-hybridized carbons (Fsp3) is 0.625. The van der Waals surface area contributed by atoms with Crippen LogP contribution in [0.3, 0.4) is 0 Å². The molecule has 1 fully saturated rings. The van der Waals surface area contributed by atoms with Crippen LogP contribution in [0.4, 0.5) is 0 Å². The fourth-order valence-electron chi connectivity index (χ4n) is 2.64. The largest absolute Gasteiger partial charge is 0.494 e. The third kappa shape index (κ3) is 4.51. The van der Waals surface area contributed by atoms with E-state index in [1.807, 2.05) is 13.0 Å². The van der Waals surface area contributed by atoms with Gasteiger partial charge in [-0.3, -0.25) is 4.90 Å². The van der Waals surface area contributed by atoms with Gasteiger partial charge in [0.05, 0.1) is 6.61 Å². The lowest BCUT2D eigenvalue weighted by molar-refractivity contribution is 0.177. The van der Waals surface area contributed by atoms with Gasteiger partial charge in [0.2, 0.25) is 0 Å². The maximum absolute atomic E-state index is 5.55. The van der Waals surface area contributed by atoms with Crippen LogP contribution in [0.25, 0.3) is 0 Å². The van der Waals surface area contributed by atoms with Gasteiger partial charge in [-0.15, -0.1) is 0 Å². The lowest BCUT2D eigenvalue weighted by atomic mass is 10.0. The molecule has 0 bridgehead atoms. The van der Waals surface area contributed by atoms with Gasteiger partial charge in [0.1, 0.15) is 5.75 Å². The van der Waals surface area contributed by atoms with Crippen molar-refractivity contribution in [2.75, 3.05) is 32.8 Å². The van der Waals surface area contributed by atoms with Gasteiger partial charge in [-0.05, 0) is 44.4 Å². The Balaban J connectivity index is 1.82. The van der Waals surface area contributed by atoms with Crippen molar-refractivity contribution >= 4 is 0 Å². The predicted octanol–water partition coefficient (Wildman–Crippen LogP) is 2.31. The Kier molecular flexibility index (Phi) is 5.67. The quantitative estimate of drug-likeness (QED) is 0.851. The smallest absolute Gasteiger partial charge is 0.119 e. The maximum Gasteiger partial charge on any atom is 0.119 e. The number of hydrogen-bond acceptors (Lipinski definition) is 3. The minimum atomic E-state index is 0.665. The van der Waals surface area contributed by atoms with Crippen molar-refractivity contribution in [3.63, 3.8) is 0 Å². The first-order valence-corrected chi connectivity index (χ1v) is 7.46. The minimum Gasteiger partial charge on any atom is -0.494 e. The Bertz CT molecular complexity index is 375. The maximum atomic E-state index is 5.55. The van der Waals surface area contributed by atoms with Crippen LogP contribution in [0.1, 0.15) is 25.8 Å². The molecule has 3 nitrogen and oxygen atoms in total. The summed E-state index contributed by atoms with van der Waals surface area (Å²) in [5.41, 5.74) is 1.38. The molecule has 0 saturated carbocycles. The van der Waals surface area contributed by atoms with Crippen LogP contribution < -0.4 is 10.1 Å². The molecular formula is C16H26N2O. The highest BCUT2D eigenvalue weighted by Crippen LogP contribution is 2.16. The minimum absolute atomic E-state index is 0.665. The summed E-state index contributed by atoms with van der Waals surface area (Å²) in [5.74, 6) is 0.995. The first-order chi connectivity index (χ1) is 9.29. The van der Waals surface area contributed by atoms with Gasteiger partial charge in [0.15, 0.2) is 0 Å². The first-order valence-electron chi connectivity index (χ1n) is 7.46. The SMILES string of the molecule is CCOc1cccc(CCC(C)N2CCNCC2)c1. The van der Waals surface area contributed by atoms with E-state index in [2.05, 4.69) is 35.3 Å². The molecule has 1 aromatic carbocycles. The molecule has 0 amide bonds. The van der Waals surface area contributed by atoms with Crippen molar-refractivity contribution in [1.29, 1.82) is 0 Å². The summed E-state index contributed by atoms with van der Waals surface area (Å²) in [7, 11) is 0. The van der Waals surface area contributed by atoms with Crippen molar-refractivity contribution in [2.24, 2.45) is 0 Å². The number of nitrogens with zero attached hydrogens (tertiary/aromatic N) is 1. The molecule has 1 atom stereocenters. The topological polar surface area (TPSA) is 24.5 Å². The van der Waals surface area contributed by atoms with Gasteiger partial charge < -0.3 is 10.1 Å². The number of aryl methyl sites for hydroxylation is 1. The molecule has 1 aromatic rings. The molecule has 106 valence electrons. The molecule has 0 radical (unpaired) electrons. The average Bonchev–Trinajstić information content (AvgIpc) is 2.46. The van der Waals surface area contributed by atoms with Crippen molar-refractivity contribution in [1.82, 2.24) is 10.2 Å². The van der Waals surface area contributed by atoms with E-state index in [0.29, 0.717) is 6.04 Å². The normalized spacial score (nSPS) is 18.2. The number of ether oxygens (including phenoxy) is 1. The van der Waals surface area contributed by atoms with Crippen molar-refractivity contribution < 1.29 is 4.74 Å². The zero-order valence-corrected chi connectivity index (χ0v) is 12.2. The third-order valence-corrected chi connectivity index (χ3v) is 3.84. The molecule has 1 heterocycles. The standard InChI is InChI=1S/C16H26N2O/c1-3-19-16-6-4-5-15(13-16)8-7-14(2)18-11-9-17-10-12-18/h4-6,13-14,17H,3,7-12H2,1-2H3. The molecule has 19 heavy (non-hydrogen) atoms. The molecule has 0 spiro atoms. The van der Waals surface area contributed by atoms with Crippen LogP contribution in [-0.4, -0.2) is 43.7 Å². The molecule has 1 aliphatic rings. The van der Waals surface area contributed by atoms with Gasteiger partial charge in [-0.25, -0.2) is 0 Å². The summed E-state index contributed by atoms with van der Waals surface area (Å²) in [6.45, 7) is 9.73. The van der Waals surface area contributed by atoms with Gasteiger partial charge in [-0.1, -0.05) is 12.1 Å². The number of hydrogen-bond donors (Lipinski definition) is 1. The molecule has 3 heteroatoms. The lowest BCUT2D eigenvalue weighted by Crippen LogP contribution is -2.47. The van der Waals surface area contributed by atoms with Crippen LogP contribution in [0.15, 0.2) is 24.3 Å². The molecule has 1 N–H and O–H groups in total. The summed E-state index contributed by atoms with van der Waals surface area (Å²) in [6, 6.07) is 9.17. The van der Waals surface area contributed by atoms with Crippen molar-refractivity contribution in [2.45, 2.75) is 32.7 Å². The summed E-state index contributed by atoms with van der Waals surface area (Å²) >= 11 is 0. The zero-order valence-electron chi connectivity index (χ0n) is 12.2. The van der Waals surface area contributed by atoms with E-state index in [-0.39, 0.29) is 0 Å². The molecule has 1 unspecified atom stereocenters. The predicted molar refractivity (Wildman–Crippen MR) is 79.8 cm³/mol. The van der Waals surface area contributed by atoms with Gasteiger partial charge >= 0.3 is 0 Å². The Labute approximate surface area is 116 Å². The van der Waals surface area contributed by atoms with Crippen LogP contribution >= 0.6 is 0 Å². The Morgan fingerprint density at radius 1 is 1.32 bits per heavy atom. The van der Waals surface area contributed by atoms with E-state index in [1.165, 1.54) is 25.1 Å². The van der Waals surface area contributed by atoms with Gasteiger partial charge in [0.25, 0.3) is 0 Å². The second-order valence-corrected chi connectivity index (χ2v) is 5.25. The number of rotatable bonds is 6. The number of piperazine rings is 1. The van der Waals surface area contributed by atoms with E-state index in [0.717, 1.165) is 31.9 Å². The molecule has 2 rings (SSSR count).